The van der Waals surface area contributed by atoms with E-state index < -0.39 is 0 Å². The first-order chi connectivity index (χ1) is 9.81. The first kappa shape index (κ1) is 12.5. The topological polar surface area (TPSA) is 61.0 Å². The van der Waals surface area contributed by atoms with E-state index in [1.807, 2.05) is 0 Å². The Labute approximate surface area is 122 Å². The van der Waals surface area contributed by atoms with E-state index in [1.54, 1.807) is 11.3 Å². The lowest BCUT2D eigenvalue weighted by atomic mass is 10.1. The number of nitrogen functional groups attached to an aromatic ring is 1. The Morgan fingerprint density at radius 1 is 1.20 bits per heavy atom. The molecule has 2 N–H and O–H groups in total. The lowest BCUT2D eigenvalue weighted by Gasteiger charge is -2.21. The van der Waals surface area contributed by atoms with Crippen molar-refractivity contribution in [1.82, 2.24) is 9.97 Å². The molecule has 1 fully saturated rings. The lowest BCUT2D eigenvalue weighted by molar-refractivity contribution is 0.0157. The third kappa shape index (κ3) is 2.09. The minimum Gasteiger partial charge on any atom is -0.383 e. The first-order valence-corrected chi connectivity index (χ1v) is 8.31. The van der Waals surface area contributed by atoms with Crippen molar-refractivity contribution in [3.63, 3.8) is 0 Å². The molecule has 0 amide bonds. The van der Waals surface area contributed by atoms with Crippen LogP contribution in [0, 0.1) is 0 Å². The van der Waals surface area contributed by atoms with Gasteiger partial charge in [-0.1, -0.05) is 0 Å². The Balaban J connectivity index is 1.67. The molecule has 1 unspecified atom stereocenters. The van der Waals surface area contributed by atoms with Crippen LogP contribution in [0.2, 0.25) is 0 Å². The van der Waals surface area contributed by atoms with E-state index in [0.717, 1.165) is 41.9 Å². The van der Waals surface area contributed by atoms with Gasteiger partial charge < -0.3 is 10.5 Å². The van der Waals surface area contributed by atoms with Crippen molar-refractivity contribution in [3.05, 3.63) is 16.3 Å². The van der Waals surface area contributed by atoms with Crippen LogP contribution in [0.25, 0.3) is 10.2 Å². The largest absolute Gasteiger partial charge is 0.383 e. The van der Waals surface area contributed by atoms with Gasteiger partial charge in [0.25, 0.3) is 0 Å². The fraction of sp³-hybridized carbons (Fsp3) is 0.600. The predicted octanol–water partition coefficient (Wildman–Crippen LogP) is 2.87. The third-order valence-electron chi connectivity index (χ3n) is 4.32. The van der Waals surface area contributed by atoms with Gasteiger partial charge in [-0.05, 0) is 44.1 Å². The number of hydrogen-bond donors (Lipinski definition) is 1. The molecule has 0 aromatic carbocycles. The van der Waals surface area contributed by atoms with Crippen molar-refractivity contribution in [2.75, 3.05) is 12.3 Å². The van der Waals surface area contributed by atoms with Gasteiger partial charge in [-0.25, -0.2) is 9.97 Å². The van der Waals surface area contributed by atoms with E-state index in [-0.39, 0.29) is 6.10 Å². The maximum absolute atomic E-state index is 6.19. The standard InChI is InChI=1S/C15H19N3OS/c16-14-13-10-5-3-6-11(10)20-15(13)18-12(17-14)8-9-4-1-2-7-19-9/h9H,1-8H2,(H2,16,17,18). The van der Waals surface area contributed by atoms with Gasteiger partial charge in [0.2, 0.25) is 0 Å². The molecular weight excluding hydrogens is 270 g/mol. The molecule has 0 radical (unpaired) electrons. The SMILES string of the molecule is Nc1nc(CC2CCCCO2)nc2sc3c(c12)CCC3. The van der Waals surface area contributed by atoms with Crippen LogP contribution in [0.15, 0.2) is 0 Å². The summed E-state index contributed by atoms with van der Waals surface area (Å²) < 4.78 is 5.78. The number of thiophene rings is 1. The monoisotopic (exact) mass is 289 g/mol. The van der Waals surface area contributed by atoms with Gasteiger partial charge in [-0.15, -0.1) is 11.3 Å². The number of fused-ring (bicyclic) bond motifs is 3. The fourth-order valence-electron chi connectivity index (χ4n) is 3.33. The molecule has 1 aliphatic heterocycles. The third-order valence-corrected chi connectivity index (χ3v) is 5.51. The molecule has 2 aliphatic rings. The maximum Gasteiger partial charge on any atom is 0.136 e. The van der Waals surface area contributed by atoms with Crippen LogP contribution in [-0.2, 0) is 24.0 Å². The molecule has 0 bridgehead atoms. The number of hydrogen-bond acceptors (Lipinski definition) is 5. The summed E-state index contributed by atoms with van der Waals surface area (Å²) in [6.07, 6.45) is 8.16. The molecule has 5 heteroatoms. The highest BCUT2D eigenvalue weighted by Crippen LogP contribution is 2.38. The fourth-order valence-corrected chi connectivity index (χ4v) is 4.62. The normalized spacial score (nSPS) is 22.3. The molecule has 2 aromatic rings. The Kier molecular flexibility index (Phi) is 3.11. The molecule has 1 aliphatic carbocycles. The van der Waals surface area contributed by atoms with E-state index >= 15 is 0 Å². The van der Waals surface area contributed by atoms with E-state index in [9.17, 15) is 0 Å². The van der Waals surface area contributed by atoms with Crippen LogP contribution < -0.4 is 5.73 Å². The van der Waals surface area contributed by atoms with Crippen LogP contribution >= 0.6 is 11.3 Å². The van der Waals surface area contributed by atoms with Gasteiger partial charge >= 0.3 is 0 Å². The highest BCUT2D eigenvalue weighted by Gasteiger charge is 2.22. The molecule has 106 valence electrons. The Morgan fingerprint density at radius 2 is 2.15 bits per heavy atom. The highest BCUT2D eigenvalue weighted by atomic mass is 32.1. The summed E-state index contributed by atoms with van der Waals surface area (Å²) >= 11 is 1.80. The summed E-state index contributed by atoms with van der Waals surface area (Å²) in [7, 11) is 0. The van der Waals surface area contributed by atoms with Gasteiger partial charge in [0.1, 0.15) is 16.5 Å². The molecule has 4 rings (SSSR count). The number of rotatable bonds is 2. The second-order valence-electron chi connectivity index (χ2n) is 5.76. The van der Waals surface area contributed by atoms with Crippen LogP contribution in [-0.4, -0.2) is 22.7 Å². The Morgan fingerprint density at radius 3 is 3.00 bits per heavy atom. The minimum absolute atomic E-state index is 0.271. The van der Waals surface area contributed by atoms with Crippen molar-refractivity contribution in [1.29, 1.82) is 0 Å². The van der Waals surface area contributed by atoms with Crippen molar-refractivity contribution in [2.45, 2.75) is 51.0 Å². The predicted molar refractivity (Wildman–Crippen MR) is 81.1 cm³/mol. The molecule has 3 heterocycles. The second-order valence-corrected chi connectivity index (χ2v) is 6.84. The number of nitrogens with zero attached hydrogens (tertiary/aromatic N) is 2. The summed E-state index contributed by atoms with van der Waals surface area (Å²) in [6, 6.07) is 0. The van der Waals surface area contributed by atoms with Gasteiger partial charge in [0, 0.05) is 17.9 Å². The molecule has 0 saturated carbocycles. The second kappa shape index (κ2) is 4.97. The van der Waals surface area contributed by atoms with E-state index in [4.69, 9.17) is 15.5 Å². The number of anilines is 1. The Bertz CT molecular complexity index is 646. The summed E-state index contributed by atoms with van der Waals surface area (Å²) in [6.45, 7) is 0.871. The van der Waals surface area contributed by atoms with Crippen molar-refractivity contribution in [2.24, 2.45) is 0 Å². The molecule has 2 aromatic heterocycles. The maximum atomic E-state index is 6.19. The number of aromatic nitrogens is 2. The molecule has 1 atom stereocenters. The van der Waals surface area contributed by atoms with Gasteiger partial charge in [-0.2, -0.15) is 0 Å². The van der Waals surface area contributed by atoms with Crippen molar-refractivity contribution < 1.29 is 4.74 Å². The average molecular weight is 289 g/mol. The minimum atomic E-state index is 0.271. The van der Waals surface area contributed by atoms with Crippen LogP contribution in [0.5, 0.6) is 0 Å². The van der Waals surface area contributed by atoms with Crippen molar-refractivity contribution in [3.8, 4) is 0 Å². The summed E-state index contributed by atoms with van der Waals surface area (Å²) in [5, 5.41) is 1.12. The van der Waals surface area contributed by atoms with Gasteiger partial charge in [0.15, 0.2) is 0 Å². The molecule has 1 saturated heterocycles. The molecule has 4 nitrogen and oxygen atoms in total. The van der Waals surface area contributed by atoms with Crippen molar-refractivity contribution >= 4 is 27.4 Å². The van der Waals surface area contributed by atoms with Crippen LogP contribution in [0.4, 0.5) is 5.82 Å². The van der Waals surface area contributed by atoms with Gasteiger partial charge in [0.05, 0.1) is 11.5 Å². The number of aryl methyl sites for hydroxylation is 2. The quantitative estimate of drug-likeness (QED) is 0.923. The first-order valence-electron chi connectivity index (χ1n) is 7.49. The van der Waals surface area contributed by atoms with Gasteiger partial charge in [-0.3, -0.25) is 0 Å². The summed E-state index contributed by atoms with van der Waals surface area (Å²) in [5.74, 6) is 1.52. The molecule has 20 heavy (non-hydrogen) atoms. The average Bonchev–Trinajstić information content (AvgIpc) is 2.99. The summed E-state index contributed by atoms with van der Waals surface area (Å²) in [4.78, 5) is 11.8. The van der Waals surface area contributed by atoms with Crippen LogP contribution in [0.3, 0.4) is 0 Å². The lowest BCUT2D eigenvalue weighted by Crippen LogP contribution is -2.22. The summed E-state index contributed by atoms with van der Waals surface area (Å²) in [5.41, 5.74) is 7.60. The zero-order chi connectivity index (χ0) is 13.5. The van der Waals surface area contributed by atoms with E-state index in [1.165, 1.54) is 36.1 Å². The zero-order valence-electron chi connectivity index (χ0n) is 11.5. The zero-order valence-corrected chi connectivity index (χ0v) is 12.3. The smallest absolute Gasteiger partial charge is 0.136 e. The van der Waals surface area contributed by atoms with E-state index in [0.29, 0.717) is 5.82 Å². The number of ether oxygens (including phenoxy) is 1. The molecular formula is C15H19N3OS. The highest BCUT2D eigenvalue weighted by molar-refractivity contribution is 7.19. The Hall–Kier alpha value is -1.20. The number of nitrogens with two attached hydrogens (primary N) is 1. The molecule has 0 spiro atoms. The van der Waals surface area contributed by atoms with E-state index in [2.05, 4.69) is 4.98 Å². The van der Waals surface area contributed by atoms with Crippen LogP contribution in [0.1, 0.15) is 41.9 Å².